The third-order valence-corrected chi connectivity index (χ3v) is 5.43. The third-order valence-electron chi connectivity index (χ3n) is 5.43. The first-order valence-electron chi connectivity index (χ1n) is 10.6. The number of hydrogen-bond acceptors (Lipinski definition) is 7. The minimum atomic E-state index is -1.43. The summed E-state index contributed by atoms with van der Waals surface area (Å²) in [6, 6.07) is -4.97. The molecular formula is C20H36N4O8. The van der Waals surface area contributed by atoms with Crippen LogP contribution in [0, 0.1) is 11.8 Å². The number of carbonyl (C=O) groups excluding carboxylic acids is 3. The van der Waals surface area contributed by atoms with Gasteiger partial charge in [0.1, 0.15) is 18.1 Å². The molecule has 0 aliphatic heterocycles. The first-order chi connectivity index (χ1) is 14.9. The molecule has 0 heterocycles. The quantitative estimate of drug-likeness (QED) is 0.156. The third kappa shape index (κ3) is 9.60. The Labute approximate surface area is 187 Å². The van der Waals surface area contributed by atoms with E-state index in [2.05, 4.69) is 16.0 Å². The highest BCUT2D eigenvalue weighted by atomic mass is 16.4. The Hall–Kier alpha value is -2.73. The molecule has 0 saturated heterocycles. The van der Waals surface area contributed by atoms with Crippen LogP contribution >= 0.6 is 0 Å². The second-order valence-corrected chi connectivity index (χ2v) is 7.86. The zero-order valence-electron chi connectivity index (χ0n) is 19.0. The summed E-state index contributed by atoms with van der Waals surface area (Å²) < 4.78 is 0. The Morgan fingerprint density at radius 3 is 1.75 bits per heavy atom. The molecule has 0 rings (SSSR count). The molecule has 0 saturated carbocycles. The molecule has 0 aliphatic carbocycles. The summed E-state index contributed by atoms with van der Waals surface area (Å²) in [6.07, 6.45) is 0.272. The van der Waals surface area contributed by atoms with E-state index in [1.54, 1.807) is 20.8 Å². The summed E-state index contributed by atoms with van der Waals surface area (Å²) in [5.74, 6) is -5.57. The van der Waals surface area contributed by atoms with Gasteiger partial charge in [-0.05, 0) is 18.3 Å². The van der Waals surface area contributed by atoms with Crippen molar-refractivity contribution < 1.29 is 39.3 Å². The van der Waals surface area contributed by atoms with E-state index in [0.29, 0.717) is 12.8 Å². The summed E-state index contributed by atoms with van der Waals surface area (Å²) in [5, 5.41) is 34.7. The van der Waals surface area contributed by atoms with Gasteiger partial charge in [-0.15, -0.1) is 0 Å². The number of aliphatic carboxylic acids is 2. The van der Waals surface area contributed by atoms with Gasteiger partial charge in [-0.2, -0.15) is 0 Å². The highest BCUT2D eigenvalue weighted by molar-refractivity contribution is 5.94. The van der Waals surface area contributed by atoms with Gasteiger partial charge in [0.25, 0.3) is 0 Å². The highest BCUT2D eigenvalue weighted by Gasteiger charge is 2.32. The average molecular weight is 461 g/mol. The molecule has 0 radical (unpaired) electrons. The average Bonchev–Trinajstić information content (AvgIpc) is 2.75. The van der Waals surface area contributed by atoms with Gasteiger partial charge in [0, 0.05) is 6.42 Å². The molecule has 0 aromatic rings. The van der Waals surface area contributed by atoms with Crippen molar-refractivity contribution in [1.82, 2.24) is 16.0 Å². The van der Waals surface area contributed by atoms with Gasteiger partial charge in [0.2, 0.25) is 17.7 Å². The summed E-state index contributed by atoms with van der Waals surface area (Å²) in [6.45, 7) is 6.17. The maximum atomic E-state index is 12.6. The molecule has 0 aliphatic rings. The van der Waals surface area contributed by atoms with Crippen molar-refractivity contribution in [2.24, 2.45) is 17.6 Å². The molecule has 32 heavy (non-hydrogen) atoms. The predicted octanol–water partition coefficient (Wildman–Crippen LogP) is -1.20. The van der Waals surface area contributed by atoms with Crippen LogP contribution in [-0.4, -0.2) is 75.8 Å². The topological polar surface area (TPSA) is 208 Å². The van der Waals surface area contributed by atoms with Crippen molar-refractivity contribution in [2.75, 3.05) is 6.61 Å². The molecule has 184 valence electrons. The van der Waals surface area contributed by atoms with Crippen LogP contribution in [0.1, 0.15) is 53.4 Å². The number of carbonyl (C=O) groups is 5. The number of amides is 3. The van der Waals surface area contributed by atoms with Crippen LogP contribution in [0.2, 0.25) is 0 Å². The number of hydrogen-bond donors (Lipinski definition) is 7. The van der Waals surface area contributed by atoms with Crippen LogP contribution in [0.4, 0.5) is 0 Å². The van der Waals surface area contributed by atoms with Gasteiger partial charge in [0.05, 0.1) is 12.6 Å². The van der Waals surface area contributed by atoms with Crippen LogP contribution in [0.15, 0.2) is 0 Å². The van der Waals surface area contributed by atoms with E-state index in [9.17, 15) is 34.2 Å². The molecule has 0 aromatic heterocycles. The van der Waals surface area contributed by atoms with Crippen molar-refractivity contribution in [3.05, 3.63) is 0 Å². The zero-order valence-corrected chi connectivity index (χ0v) is 19.0. The molecule has 0 fully saturated rings. The van der Waals surface area contributed by atoms with Gasteiger partial charge in [-0.25, -0.2) is 4.79 Å². The Kier molecular flexibility index (Phi) is 13.1. The minimum absolute atomic E-state index is 0.181. The molecule has 12 nitrogen and oxygen atoms in total. The molecule has 8 N–H and O–H groups in total. The fraction of sp³-hybridized carbons (Fsp3) is 0.750. The number of aliphatic hydroxyl groups excluding tert-OH is 1. The SMILES string of the molecule is CCC(C)C(N)C(=O)NC(CO)C(=O)NC(CCC(=O)O)C(=O)NC(C(=O)O)C(C)CC. The Balaban J connectivity index is 5.42. The maximum absolute atomic E-state index is 12.6. The number of carboxylic acids is 2. The van der Waals surface area contributed by atoms with Crippen molar-refractivity contribution in [2.45, 2.75) is 77.5 Å². The fourth-order valence-corrected chi connectivity index (χ4v) is 2.72. The Morgan fingerprint density at radius 2 is 1.31 bits per heavy atom. The highest BCUT2D eigenvalue weighted by Crippen LogP contribution is 2.10. The lowest BCUT2D eigenvalue weighted by molar-refractivity contribution is -0.144. The van der Waals surface area contributed by atoms with Crippen LogP contribution in [0.5, 0.6) is 0 Å². The van der Waals surface area contributed by atoms with Crippen molar-refractivity contribution in [3.8, 4) is 0 Å². The minimum Gasteiger partial charge on any atom is -0.481 e. The fourth-order valence-electron chi connectivity index (χ4n) is 2.72. The van der Waals surface area contributed by atoms with Gasteiger partial charge in [-0.1, -0.05) is 40.5 Å². The molecule has 0 spiro atoms. The van der Waals surface area contributed by atoms with Crippen LogP contribution < -0.4 is 21.7 Å². The number of nitrogens with one attached hydrogen (secondary N) is 3. The van der Waals surface area contributed by atoms with E-state index in [4.69, 9.17) is 10.8 Å². The first-order valence-corrected chi connectivity index (χ1v) is 10.6. The van der Waals surface area contributed by atoms with Crippen molar-refractivity contribution >= 4 is 29.7 Å². The number of nitrogens with two attached hydrogens (primary N) is 1. The second kappa shape index (κ2) is 14.4. The number of aliphatic hydroxyl groups is 1. The molecule has 6 atom stereocenters. The summed E-state index contributed by atoms with van der Waals surface area (Å²) in [5.41, 5.74) is 5.82. The lowest BCUT2D eigenvalue weighted by Crippen LogP contribution is -2.59. The molecule has 0 aromatic carbocycles. The number of carboxylic acid groups (broad SMARTS) is 2. The Bertz CT molecular complexity index is 672. The zero-order chi connectivity index (χ0) is 25.0. The molecule has 12 heteroatoms. The normalized spacial score (nSPS) is 16.6. The molecule has 6 unspecified atom stereocenters. The van der Waals surface area contributed by atoms with Gasteiger partial charge >= 0.3 is 11.9 Å². The van der Waals surface area contributed by atoms with E-state index in [-0.39, 0.29) is 12.3 Å². The lowest BCUT2D eigenvalue weighted by atomic mass is 9.98. The van der Waals surface area contributed by atoms with Gasteiger partial charge in [-0.3, -0.25) is 19.2 Å². The summed E-state index contributed by atoms with van der Waals surface area (Å²) >= 11 is 0. The monoisotopic (exact) mass is 460 g/mol. The van der Waals surface area contributed by atoms with E-state index >= 15 is 0 Å². The van der Waals surface area contributed by atoms with Crippen molar-refractivity contribution in [1.29, 1.82) is 0 Å². The number of rotatable bonds is 15. The van der Waals surface area contributed by atoms with E-state index in [1.807, 2.05) is 6.92 Å². The smallest absolute Gasteiger partial charge is 0.326 e. The van der Waals surface area contributed by atoms with Crippen LogP contribution in [0.3, 0.4) is 0 Å². The second-order valence-electron chi connectivity index (χ2n) is 7.86. The van der Waals surface area contributed by atoms with Gasteiger partial charge in [0.15, 0.2) is 0 Å². The summed E-state index contributed by atoms with van der Waals surface area (Å²) in [7, 11) is 0. The molecule has 3 amide bonds. The molecular weight excluding hydrogens is 424 g/mol. The Morgan fingerprint density at radius 1 is 0.812 bits per heavy atom. The standard InChI is InChI=1S/C20H36N4O8/c1-5-10(3)15(21)19(30)23-13(9-25)18(29)22-12(7-8-14(26)27)17(28)24-16(20(31)32)11(4)6-2/h10-13,15-16,25H,5-9,21H2,1-4H3,(H,22,29)(H,23,30)(H,24,28)(H,26,27)(H,31,32). The summed E-state index contributed by atoms with van der Waals surface area (Å²) in [4.78, 5) is 59.9. The molecule has 0 bridgehead atoms. The van der Waals surface area contributed by atoms with Crippen LogP contribution in [-0.2, 0) is 24.0 Å². The van der Waals surface area contributed by atoms with Crippen LogP contribution in [0.25, 0.3) is 0 Å². The van der Waals surface area contributed by atoms with E-state index in [1.165, 1.54) is 0 Å². The van der Waals surface area contributed by atoms with E-state index < -0.39 is 72.8 Å². The van der Waals surface area contributed by atoms with Gasteiger partial charge < -0.3 is 37.0 Å². The lowest BCUT2D eigenvalue weighted by Gasteiger charge is -2.26. The maximum Gasteiger partial charge on any atom is 0.326 e. The largest absolute Gasteiger partial charge is 0.481 e. The van der Waals surface area contributed by atoms with E-state index in [0.717, 1.165) is 0 Å². The first kappa shape index (κ1) is 29.3. The van der Waals surface area contributed by atoms with Crippen molar-refractivity contribution in [3.63, 3.8) is 0 Å². The predicted molar refractivity (Wildman–Crippen MR) is 114 cm³/mol.